The van der Waals surface area contributed by atoms with Crippen molar-refractivity contribution in [3.8, 4) is 5.69 Å². The topological polar surface area (TPSA) is 34.2 Å². The minimum atomic E-state index is 0. The molecule has 4 nitrogen and oxygen atoms in total. The normalized spacial score (nSPS) is 10.9. The van der Waals surface area contributed by atoms with Crippen LogP contribution in [0, 0.1) is 6.07 Å². The number of benzene rings is 4. The van der Waals surface area contributed by atoms with E-state index < -0.39 is 0 Å². The Hall–Kier alpha value is -3.66. The van der Waals surface area contributed by atoms with Crippen molar-refractivity contribution in [1.82, 2.24) is 9.78 Å². The van der Waals surface area contributed by atoms with Crippen LogP contribution in [0.1, 0.15) is 0 Å². The van der Waals surface area contributed by atoms with Crippen molar-refractivity contribution in [2.24, 2.45) is 0 Å². The quantitative estimate of drug-likeness (QED) is 0.206. The van der Waals surface area contributed by atoms with Crippen molar-refractivity contribution in [3.05, 3.63) is 116 Å². The number of furan rings is 1. The second-order valence-electron chi connectivity index (χ2n) is 7.28. The van der Waals surface area contributed by atoms with Gasteiger partial charge in [0.15, 0.2) is 0 Å². The SMILES string of the molecule is [Ir].[c-]1ccc2c(oc3cccc(N(c4ccccc4)c4ccccc4)c32)c1-n1cccn1. The maximum atomic E-state index is 6.35. The molecule has 5 heteroatoms. The van der Waals surface area contributed by atoms with E-state index in [1.807, 2.05) is 42.6 Å². The van der Waals surface area contributed by atoms with Gasteiger partial charge in [-0.3, -0.25) is 4.68 Å². The van der Waals surface area contributed by atoms with Crippen LogP contribution in [0.3, 0.4) is 0 Å². The molecule has 1 radical (unpaired) electrons. The van der Waals surface area contributed by atoms with Crippen molar-refractivity contribution in [2.75, 3.05) is 4.90 Å². The summed E-state index contributed by atoms with van der Waals surface area (Å²) in [6, 6.07) is 36.2. The van der Waals surface area contributed by atoms with Crippen LogP contribution < -0.4 is 4.90 Å². The Morgan fingerprint density at radius 2 is 1.50 bits per heavy atom. The molecule has 157 valence electrons. The Labute approximate surface area is 199 Å². The van der Waals surface area contributed by atoms with Crippen LogP contribution in [-0.4, -0.2) is 9.78 Å². The van der Waals surface area contributed by atoms with Gasteiger partial charge in [-0.25, -0.2) is 0 Å². The third kappa shape index (κ3) is 3.32. The van der Waals surface area contributed by atoms with Gasteiger partial charge >= 0.3 is 0 Å². The average molecular weight is 593 g/mol. The molecule has 4 aromatic carbocycles. The maximum absolute atomic E-state index is 6.35. The fraction of sp³-hybridized carbons (Fsp3) is 0. The number of aromatic nitrogens is 2. The molecule has 0 atom stereocenters. The van der Waals surface area contributed by atoms with Gasteiger partial charge in [-0.05, 0) is 48.2 Å². The molecule has 0 bridgehead atoms. The average Bonchev–Trinajstić information content (AvgIpc) is 3.49. The number of hydrogen-bond donors (Lipinski definition) is 0. The van der Waals surface area contributed by atoms with Gasteiger partial charge in [0.25, 0.3) is 0 Å². The first-order chi connectivity index (χ1) is 15.4. The van der Waals surface area contributed by atoms with Gasteiger partial charge < -0.3 is 9.32 Å². The molecule has 0 fully saturated rings. The fourth-order valence-corrected chi connectivity index (χ4v) is 4.10. The Balaban J connectivity index is 0.00000216. The Kier molecular flexibility index (Phi) is 5.36. The van der Waals surface area contributed by atoms with E-state index in [1.54, 1.807) is 10.9 Å². The standard InChI is InChI=1S/C27H18N3O.Ir/c1-3-10-20(11-4-1)30(21-12-5-2-6-13-21)23-15-8-17-25-26(23)22-14-7-16-24(27(22)31-25)29-19-9-18-28-29;/h1-15,17-19H;/q-1;. The minimum absolute atomic E-state index is 0. The van der Waals surface area contributed by atoms with E-state index in [2.05, 4.69) is 76.7 Å². The molecule has 0 aliphatic rings. The van der Waals surface area contributed by atoms with Crippen LogP contribution >= 0.6 is 0 Å². The number of rotatable bonds is 4. The predicted octanol–water partition coefficient (Wildman–Crippen LogP) is 7.04. The van der Waals surface area contributed by atoms with Gasteiger partial charge in [0, 0.05) is 54.8 Å². The summed E-state index contributed by atoms with van der Waals surface area (Å²) < 4.78 is 8.14. The molecule has 0 spiro atoms. The summed E-state index contributed by atoms with van der Waals surface area (Å²) >= 11 is 0. The zero-order valence-electron chi connectivity index (χ0n) is 17.0. The number of hydrogen-bond acceptors (Lipinski definition) is 3. The van der Waals surface area contributed by atoms with Gasteiger partial charge in [-0.2, -0.15) is 23.3 Å². The molecule has 32 heavy (non-hydrogen) atoms. The molecule has 0 saturated heterocycles. The zero-order chi connectivity index (χ0) is 20.6. The second kappa shape index (κ2) is 8.46. The summed E-state index contributed by atoms with van der Waals surface area (Å²) in [6.45, 7) is 0. The monoisotopic (exact) mass is 593 g/mol. The van der Waals surface area contributed by atoms with Gasteiger partial charge in [0.05, 0.1) is 5.69 Å². The zero-order valence-corrected chi connectivity index (χ0v) is 19.4. The first-order valence-electron chi connectivity index (χ1n) is 10.2. The smallest absolute Gasteiger partial charge is 0.118 e. The van der Waals surface area contributed by atoms with Crippen LogP contribution in [0.2, 0.25) is 0 Å². The maximum Gasteiger partial charge on any atom is 0.118 e. The van der Waals surface area contributed by atoms with Crippen molar-refractivity contribution >= 4 is 39.0 Å². The Morgan fingerprint density at radius 3 is 2.16 bits per heavy atom. The third-order valence-electron chi connectivity index (χ3n) is 5.42. The third-order valence-corrected chi connectivity index (χ3v) is 5.42. The molecule has 6 rings (SSSR count). The van der Waals surface area contributed by atoms with Gasteiger partial charge in [-0.15, -0.1) is 0 Å². The van der Waals surface area contributed by atoms with Crippen LogP contribution in [0.25, 0.3) is 27.6 Å². The van der Waals surface area contributed by atoms with Gasteiger partial charge in [0.2, 0.25) is 0 Å². The number of para-hydroxylation sites is 2. The molecular formula is C27H18IrN3O-. The summed E-state index contributed by atoms with van der Waals surface area (Å²) in [4.78, 5) is 2.27. The van der Waals surface area contributed by atoms with Crippen molar-refractivity contribution < 1.29 is 24.5 Å². The molecule has 2 heterocycles. The van der Waals surface area contributed by atoms with Crippen LogP contribution in [-0.2, 0) is 20.1 Å². The second-order valence-corrected chi connectivity index (χ2v) is 7.28. The molecule has 0 unspecified atom stereocenters. The Morgan fingerprint density at radius 1 is 0.781 bits per heavy atom. The molecule has 0 aliphatic heterocycles. The van der Waals surface area contributed by atoms with Crippen molar-refractivity contribution in [2.45, 2.75) is 0 Å². The number of nitrogens with zero attached hydrogens (tertiary/aromatic N) is 3. The predicted molar refractivity (Wildman–Crippen MR) is 124 cm³/mol. The van der Waals surface area contributed by atoms with Crippen molar-refractivity contribution in [3.63, 3.8) is 0 Å². The Bertz CT molecular complexity index is 1440. The fourth-order valence-electron chi connectivity index (χ4n) is 4.10. The van der Waals surface area contributed by atoms with Gasteiger partial charge in [0.1, 0.15) is 5.58 Å². The molecule has 6 aromatic rings. The van der Waals surface area contributed by atoms with E-state index in [9.17, 15) is 0 Å². The van der Waals surface area contributed by atoms with Crippen molar-refractivity contribution in [1.29, 1.82) is 0 Å². The molecule has 0 amide bonds. The number of fused-ring (bicyclic) bond motifs is 3. The number of anilines is 3. The van der Waals surface area contributed by atoms with Crippen LogP contribution in [0.4, 0.5) is 17.1 Å². The van der Waals surface area contributed by atoms with E-state index in [4.69, 9.17) is 4.42 Å². The molecule has 0 N–H and O–H groups in total. The summed E-state index contributed by atoms with van der Waals surface area (Å²) in [6.07, 6.45) is 3.66. The van der Waals surface area contributed by atoms with E-state index in [0.29, 0.717) is 0 Å². The summed E-state index contributed by atoms with van der Waals surface area (Å²) in [7, 11) is 0. The summed E-state index contributed by atoms with van der Waals surface area (Å²) in [5, 5.41) is 6.47. The largest absolute Gasteiger partial charge is 0.513 e. The van der Waals surface area contributed by atoms with E-state index in [0.717, 1.165) is 44.7 Å². The van der Waals surface area contributed by atoms with Crippen LogP contribution in [0.5, 0.6) is 0 Å². The van der Waals surface area contributed by atoms with Crippen LogP contribution in [0.15, 0.2) is 114 Å². The molecule has 2 aromatic heterocycles. The molecular weight excluding hydrogens is 575 g/mol. The molecule has 0 aliphatic carbocycles. The van der Waals surface area contributed by atoms with E-state index >= 15 is 0 Å². The van der Waals surface area contributed by atoms with E-state index in [1.165, 1.54) is 0 Å². The first-order valence-corrected chi connectivity index (χ1v) is 10.2. The minimum Gasteiger partial charge on any atom is -0.513 e. The summed E-state index contributed by atoms with van der Waals surface area (Å²) in [5.74, 6) is 0. The summed E-state index contributed by atoms with van der Waals surface area (Å²) in [5.41, 5.74) is 5.64. The first kappa shape index (κ1) is 20.3. The van der Waals surface area contributed by atoms with E-state index in [-0.39, 0.29) is 20.1 Å². The van der Waals surface area contributed by atoms with Gasteiger partial charge in [-0.1, -0.05) is 47.9 Å². The molecule has 0 saturated carbocycles.